The van der Waals surface area contributed by atoms with Crippen molar-refractivity contribution < 1.29 is 9.53 Å². The molecule has 0 aromatic carbocycles. The lowest BCUT2D eigenvalue weighted by molar-refractivity contribution is -0.132. The maximum atomic E-state index is 12.3. The number of amides is 1. The Labute approximate surface area is 129 Å². The summed E-state index contributed by atoms with van der Waals surface area (Å²) in [4.78, 5) is 19.1. The summed E-state index contributed by atoms with van der Waals surface area (Å²) in [6.07, 6.45) is 3.49. The third-order valence-corrected chi connectivity index (χ3v) is 4.70. The molecule has 0 radical (unpaired) electrons. The number of likely N-dealkylation sites (tertiary alicyclic amines) is 1. The summed E-state index contributed by atoms with van der Waals surface area (Å²) in [6, 6.07) is 0.561. The van der Waals surface area contributed by atoms with Crippen molar-refractivity contribution in [2.24, 2.45) is 0 Å². The van der Waals surface area contributed by atoms with E-state index >= 15 is 0 Å². The molecule has 0 aromatic heterocycles. The van der Waals surface area contributed by atoms with Crippen molar-refractivity contribution in [1.29, 1.82) is 0 Å². The Morgan fingerprint density at radius 3 is 2.57 bits per heavy atom. The molecule has 0 saturated carbocycles. The van der Waals surface area contributed by atoms with Crippen molar-refractivity contribution in [1.82, 2.24) is 14.7 Å². The molecule has 122 valence electrons. The smallest absolute Gasteiger partial charge is 0.236 e. The van der Waals surface area contributed by atoms with Crippen LogP contribution in [0.25, 0.3) is 0 Å². The molecule has 2 saturated heterocycles. The largest absolute Gasteiger partial charge is 0.380 e. The van der Waals surface area contributed by atoms with Crippen molar-refractivity contribution in [2.45, 2.75) is 39.2 Å². The van der Waals surface area contributed by atoms with E-state index < -0.39 is 0 Å². The molecule has 2 fully saturated rings. The van der Waals surface area contributed by atoms with Crippen LogP contribution < -0.4 is 0 Å². The van der Waals surface area contributed by atoms with Gasteiger partial charge in [0.15, 0.2) is 0 Å². The number of carbonyl (C=O) groups is 1. The van der Waals surface area contributed by atoms with E-state index in [4.69, 9.17) is 4.74 Å². The van der Waals surface area contributed by atoms with E-state index in [1.165, 1.54) is 12.8 Å². The van der Waals surface area contributed by atoms with Crippen molar-refractivity contribution >= 4 is 5.91 Å². The summed E-state index contributed by atoms with van der Waals surface area (Å²) in [6.45, 7) is 12.5. The van der Waals surface area contributed by atoms with E-state index in [-0.39, 0.29) is 0 Å². The highest BCUT2D eigenvalue weighted by Gasteiger charge is 2.28. The first-order valence-electron chi connectivity index (χ1n) is 8.56. The van der Waals surface area contributed by atoms with Crippen molar-refractivity contribution in [2.75, 3.05) is 59.0 Å². The number of rotatable bonds is 7. The molecule has 2 rings (SSSR count). The Morgan fingerprint density at radius 1 is 1.14 bits per heavy atom. The minimum absolute atomic E-state index is 0.324. The van der Waals surface area contributed by atoms with Gasteiger partial charge in [-0.15, -0.1) is 0 Å². The van der Waals surface area contributed by atoms with Gasteiger partial charge in [0.05, 0.1) is 13.2 Å². The second-order valence-corrected chi connectivity index (χ2v) is 6.12. The first-order chi connectivity index (χ1) is 10.2. The summed E-state index contributed by atoms with van der Waals surface area (Å²) >= 11 is 0. The molecule has 0 unspecified atom stereocenters. The van der Waals surface area contributed by atoms with Crippen molar-refractivity contribution in [3.05, 3.63) is 0 Å². The highest BCUT2D eigenvalue weighted by molar-refractivity contribution is 5.78. The first kappa shape index (κ1) is 16.7. The Hall–Kier alpha value is -0.650. The maximum absolute atomic E-state index is 12.3. The Bertz CT molecular complexity index is 319. The van der Waals surface area contributed by atoms with E-state index in [0.717, 1.165) is 58.9 Å². The fourth-order valence-corrected chi connectivity index (χ4v) is 3.37. The summed E-state index contributed by atoms with van der Waals surface area (Å²) in [5, 5.41) is 0. The topological polar surface area (TPSA) is 36.0 Å². The van der Waals surface area contributed by atoms with Gasteiger partial charge >= 0.3 is 0 Å². The summed E-state index contributed by atoms with van der Waals surface area (Å²) in [5.41, 5.74) is 0. The highest BCUT2D eigenvalue weighted by atomic mass is 16.5. The first-order valence-corrected chi connectivity index (χ1v) is 8.56. The second-order valence-electron chi connectivity index (χ2n) is 6.12. The van der Waals surface area contributed by atoms with Crippen LogP contribution >= 0.6 is 0 Å². The standard InChI is InChI=1S/C16H31N3O2/c1-3-15-13-17(9-10-18(15)11-12-21-4-2)14-16(20)19-7-5-6-8-19/h15H,3-14H2,1-2H3/t15-/m0/s1. The number of hydrogen-bond acceptors (Lipinski definition) is 4. The van der Waals surface area contributed by atoms with Crippen LogP contribution in [0, 0.1) is 0 Å². The average molecular weight is 297 g/mol. The molecule has 2 heterocycles. The predicted molar refractivity (Wildman–Crippen MR) is 84.4 cm³/mol. The third kappa shape index (κ3) is 4.94. The van der Waals surface area contributed by atoms with Crippen LogP contribution in [0.2, 0.25) is 0 Å². The fourth-order valence-electron chi connectivity index (χ4n) is 3.37. The van der Waals surface area contributed by atoms with Crippen LogP contribution in [0.5, 0.6) is 0 Å². The lowest BCUT2D eigenvalue weighted by atomic mass is 10.1. The second kappa shape index (κ2) is 8.71. The molecule has 0 bridgehead atoms. The SMILES string of the molecule is CCOCCN1CCN(CC(=O)N2CCCC2)C[C@@H]1CC. The Kier molecular flexibility index (Phi) is 6.93. The monoisotopic (exact) mass is 297 g/mol. The number of nitrogens with zero attached hydrogens (tertiary/aromatic N) is 3. The third-order valence-electron chi connectivity index (χ3n) is 4.70. The molecule has 1 atom stereocenters. The molecule has 2 aliphatic heterocycles. The molecule has 21 heavy (non-hydrogen) atoms. The van der Waals surface area contributed by atoms with Gasteiger partial charge in [-0.3, -0.25) is 14.6 Å². The highest BCUT2D eigenvalue weighted by Crippen LogP contribution is 2.14. The van der Waals surface area contributed by atoms with Gasteiger partial charge < -0.3 is 9.64 Å². The van der Waals surface area contributed by atoms with Gasteiger partial charge in [-0.25, -0.2) is 0 Å². The van der Waals surface area contributed by atoms with E-state index in [1.807, 2.05) is 11.8 Å². The van der Waals surface area contributed by atoms with Crippen LogP contribution in [-0.4, -0.2) is 85.7 Å². The predicted octanol–water partition coefficient (Wildman–Crippen LogP) is 1.04. The van der Waals surface area contributed by atoms with Crippen LogP contribution in [-0.2, 0) is 9.53 Å². The lowest BCUT2D eigenvalue weighted by Crippen LogP contribution is -2.55. The van der Waals surface area contributed by atoms with Crippen LogP contribution in [0.3, 0.4) is 0 Å². The van der Waals surface area contributed by atoms with Crippen molar-refractivity contribution in [3.63, 3.8) is 0 Å². The molecule has 0 aromatic rings. The van der Waals surface area contributed by atoms with Crippen LogP contribution in [0.15, 0.2) is 0 Å². The van der Waals surface area contributed by atoms with Gasteiger partial charge in [0.2, 0.25) is 5.91 Å². The molecule has 5 heteroatoms. The van der Waals surface area contributed by atoms with Gasteiger partial charge in [-0.2, -0.15) is 0 Å². The molecule has 2 aliphatic rings. The zero-order chi connectivity index (χ0) is 15.1. The molecule has 0 spiro atoms. The number of hydrogen-bond donors (Lipinski definition) is 0. The van der Waals surface area contributed by atoms with Gasteiger partial charge in [0.25, 0.3) is 0 Å². The molecule has 0 aliphatic carbocycles. The summed E-state index contributed by atoms with van der Waals surface area (Å²) in [7, 11) is 0. The van der Waals surface area contributed by atoms with Crippen molar-refractivity contribution in [3.8, 4) is 0 Å². The fraction of sp³-hybridized carbons (Fsp3) is 0.938. The quantitative estimate of drug-likeness (QED) is 0.658. The zero-order valence-corrected chi connectivity index (χ0v) is 13.7. The van der Waals surface area contributed by atoms with E-state index in [2.05, 4.69) is 16.7 Å². The maximum Gasteiger partial charge on any atom is 0.236 e. The summed E-state index contributed by atoms with van der Waals surface area (Å²) < 4.78 is 5.47. The minimum atomic E-state index is 0.324. The van der Waals surface area contributed by atoms with Crippen LogP contribution in [0.1, 0.15) is 33.1 Å². The molecular formula is C16H31N3O2. The molecule has 5 nitrogen and oxygen atoms in total. The lowest BCUT2D eigenvalue weighted by Gasteiger charge is -2.41. The normalized spacial score (nSPS) is 24.7. The molecule has 1 amide bonds. The van der Waals surface area contributed by atoms with Gasteiger partial charge in [0.1, 0.15) is 0 Å². The number of ether oxygens (including phenoxy) is 1. The molecular weight excluding hydrogens is 266 g/mol. The van der Waals surface area contributed by atoms with Gasteiger partial charge in [-0.1, -0.05) is 6.92 Å². The Morgan fingerprint density at radius 2 is 1.90 bits per heavy atom. The number of piperazine rings is 1. The van der Waals surface area contributed by atoms with E-state index in [0.29, 0.717) is 18.5 Å². The minimum Gasteiger partial charge on any atom is -0.380 e. The Balaban J connectivity index is 1.75. The zero-order valence-electron chi connectivity index (χ0n) is 13.7. The van der Waals surface area contributed by atoms with Gasteiger partial charge in [0, 0.05) is 51.9 Å². The van der Waals surface area contributed by atoms with E-state index in [9.17, 15) is 4.79 Å². The summed E-state index contributed by atoms with van der Waals surface area (Å²) in [5.74, 6) is 0.324. The average Bonchev–Trinajstić information content (AvgIpc) is 3.03. The van der Waals surface area contributed by atoms with Crippen LogP contribution in [0.4, 0.5) is 0 Å². The van der Waals surface area contributed by atoms with Gasteiger partial charge in [-0.05, 0) is 26.2 Å². The number of carbonyl (C=O) groups excluding carboxylic acids is 1. The molecule has 0 N–H and O–H groups in total. The van der Waals surface area contributed by atoms with E-state index in [1.54, 1.807) is 0 Å².